The molecule has 4 rings (SSSR count). The number of nitrogens with one attached hydrogen (secondary N) is 1. The Morgan fingerprint density at radius 1 is 1.00 bits per heavy atom. The normalized spacial score (nSPS) is 15.2. The predicted octanol–water partition coefficient (Wildman–Crippen LogP) is 4.08. The van der Waals surface area contributed by atoms with E-state index in [4.69, 9.17) is 0 Å². The lowest BCUT2D eigenvalue weighted by atomic mass is 9.95. The van der Waals surface area contributed by atoms with Crippen molar-refractivity contribution in [2.24, 2.45) is 5.92 Å². The van der Waals surface area contributed by atoms with Crippen molar-refractivity contribution in [3.8, 4) is 0 Å². The lowest BCUT2D eigenvalue weighted by Gasteiger charge is -2.31. The van der Waals surface area contributed by atoms with E-state index in [2.05, 4.69) is 75.2 Å². The van der Waals surface area contributed by atoms with E-state index in [-0.39, 0.29) is 11.8 Å². The topological polar surface area (TPSA) is 50.2 Å². The molecule has 0 aliphatic carbocycles. The predicted molar refractivity (Wildman–Crippen MR) is 124 cm³/mol. The van der Waals surface area contributed by atoms with Crippen LogP contribution in [-0.4, -0.2) is 33.4 Å². The van der Waals surface area contributed by atoms with Crippen LogP contribution < -0.4 is 5.32 Å². The van der Waals surface area contributed by atoms with E-state index in [9.17, 15) is 4.79 Å². The van der Waals surface area contributed by atoms with Crippen LogP contribution in [0.5, 0.6) is 0 Å². The van der Waals surface area contributed by atoms with E-state index in [0.29, 0.717) is 6.54 Å². The third kappa shape index (κ3) is 5.61. The molecule has 5 nitrogen and oxygen atoms in total. The lowest BCUT2D eigenvalue weighted by Crippen LogP contribution is -2.40. The third-order valence-corrected chi connectivity index (χ3v) is 6.38. The second-order valence-electron chi connectivity index (χ2n) is 8.61. The lowest BCUT2D eigenvalue weighted by molar-refractivity contribution is -0.126. The Labute approximate surface area is 185 Å². The highest BCUT2D eigenvalue weighted by atomic mass is 16.1. The van der Waals surface area contributed by atoms with Gasteiger partial charge in [-0.15, -0.1) is 0 Å². The molecule has 1 aromatic heterocycles. The molecule has 0 atom stereocenters. The zero-order valence-electron chi connectivity index (χ0n) is 18.6. The van der Waals surface area contributed by atoms with Gasteiger partial charge < -0.3 is 9.88 Å². The molecule has 5 heteroatoms. The number of nitrogens with zero attached hydrogens (tertiary/aromatic N) is 3. The monoisotopic (exact) mass is 416 g/mol. The van der Waals surface area contributed by atoms with Gasteiger partial charge in [0.05, 0.1) is 0 Å². The summed E-state index contributed by atoms with van der Waals surface area (Å²) < 4.78 is 2.13. The fraction of sp³-hybridized carbons (Fsp3) is 0.385. The summed E-state index contributed by atoms with van der Waals surface area (Å²) in [5.74, 6) is 1.33. The number of carbonyl (C=O) groups excluding carboxylic acids is 1. The summed E-state index contributed by atoms with van der Waals surface area (Å²) in [5.41, 5.74) is 5.10. The Kier molecular flexibility index (Phi) is 6.82. The summed E-state index contributed by atoms with van der Waals surface area (Å²) in [4.78, 5) is 19.4. The molecule has 1 N–H and O–H groups in total. The molecule has 2 aromatic carbocycles. The van der Waals surface area contributed by atoms with Crippen LogP contribution in [0.2, 0.25) is 0 Å². The van der Waals surface area contributed by atoms with Gasteiger partial charge in [-0.25, -0.2) is 4.98 Å². The van der Waals surface area contributed by atoms with Gasteiger partial charge >= 0.3 is 0 Å². The average molecular weight is 417 g/mol. The Hall–Kier alpha value is -2.92. The Morgan fingerprint density at radius 2 is 1.71 bits per heavy atom. The third-order valence-electron chi connectivity index (χ3n) is 6.38. The molecule has 2 heterocycles. The maximum absolute atomic E-state index is 12.7. The highest BCUT2D eigenvalue weighted by Gasteiger charge is 2.24. The fourth-order valence-corrected chi connectivity index (χ4v) is 4.25. The van der Waals surface area contributed by atoms with E-state index < -0.39 is 0 Å². The first-order valence-corrected chi connectivity index (χ1v) is 11.2. The van der Waals surface area contributed by atoms with Crippen molar-refractivity contribution in [3.63, 3.8) is 0 Å². The standard InChI is InChI=1S/C26H32N4O/c1-20-5-3-4-6-25(20)19-29-14-11-24(12-15-29)26(31)28-17-22-7-9-23(10-8-22)18-30-16-13-27-21(30)2/h3-10,13,16,24H,11-12,14-15,17-19H2,1-2H3,(H,28,31). The maximum atomic E-state index is 12.7. The molecule has 1 fully saturated rings. The number of rotatable bonds is 7. The molecule has 1 saturated heterocycles. The maximum Gasteiger partial charge on any atom is 0.223 e. The van der Waals surface area contributed by atoms with Crippen molar-refractivity contribution in [3.05, 3.63) is 89.0 Å². The van der Waals surface area contributed by atoms with Gasteiger partial charge in [-0.05, 0) is 62.0 Å². The highest BCUT2D eigenvalue weighted by molar-refractivity contribution is 5.78. The number of imidazole rings is 1. The molecule has 3 aromatic rings. The van der Waals surface area contributed by atoms with Crippen LogP contribution in [0.1, 0.15) is 40.9 Å². The van der Waals surface area contributed by atoms with Gasteiger partial charge in [0.1, 0.15) is 5.82 Å². The minimum atomic E-state index is 0.122. The smallest absolute Gasteiger partial charge is 0.223 e. The van der Waals surface area contributed by atoms with Crippen molar-refractivity contribution in [2.75, 3.05) is 13.1 Å². The number of hydrogen-bond acceptors (Lipinski definition) is 3. The summed E-state index contributed by atoms with van der Waals surface area (Å²) in [6.45, 7) is 8.53. The summed E-state index contributed by atoms with van der Waals surface area (Å²) in [6.07, 6.45) is 5.68. The largest absolute Gasteiger partial charge is 0.352 e. The van der Waals surface area contributed by atoms with Crippen LogP contribution in [0.15, 0.2) is 60.9 Å². The average Bonchev–Trinajstić information content (AvgIpc) is 3.19. The van der Waals surface area contributed by atoms with Crippen LogP contribution in [0.3, 0.4) is 0 Å². The van der Waals surface area contributed by atoms with E-state index in [1.54, 1.807) is 0 Å². The van der Waals surface area contributed by atoms with Crippen molar-refractivity contribution < 1.29 is 4.79 Å². The van der Waals surface area contributed by atoms with E-state index in [0.717, 1.165) is 50.4 Å². The minimum Gasteiger partial charge on any atom is -0.352 e. The van der Waals surface area contributed by atoms with Crippen LogP contribution in [0.25, 0.3) is 0 Å². The Balaban J connectivity index is 1.21. The van der Waals surface area contributed by atoms with Crippen molar-refractivity contribution >= 4 is 5.91 Å². The fourth-order valence-electron chi connectivity index (χ4n) is 4.25. The molecular weight excluding hydrogens is 384 g/mol. The van der Waals surface area contributed by atoms with Crippen molar-refractivity contribution in [2.45, 2.75) is 46.3 Å². The molecule has 31 heavy (non-hydrogen) atoms. The van der Waals surface area contributed by atoms with E-state index in [1.165, 1.54) is 16.7 Å². The van der Waals surface area contributed by atoms with Gasteiger partial charge in [0.2, 0.25) is 5.91 Å². The highest BCUT2D eigenvalue weighted by Crippen LogP contribution is 2.20. The molecule has 0 radical (unpaired) electrons. The number of hydrogen-bond donors (Lipinski definition) is 1. The van der Waals surface area contributed by atoms with Crippen molar-refractivity contribution in [1.29, 1.82) is 0 Å². The first-order chi connectivity index (χ1) is 15.1. The number of aryl methyl sites for hydroxylation is 2. The van der Waals surface area contributed by atoms with Gasteiger partial charge in [0.15, 0.2) is 0 Å². The SMILES string of the molecule is Cc1ccccc1CN1CCC(C(=O)NCc2ccc(Cn3ccnc3C)cc2)CC1. The van der Waals surface area contributed by atoms with Gasteiger partial charge in [0, 0.05) is 37.9 Å². The molecular formula is C26H32N4O. The summed E-state index contributed by atoms with van der Waals surface area (Å²) in [5, 5.41) is 3.14. The molecule has 1 amide bonds. The zero-order valence-corrected chi connectivity index (χ0v) is 18.6. The number of piperidine rings is 1. The van der Waals surface area contributed by atoms with Gasteiger partial charge in [-0.1, -0.05) is 48.5 Å². The zero-order chi connectivity index (χ0) is 21.6. The second kappa shape index (κ2) is 9.92. The van der Waals surface area contributed by atoms with Crippen LogP contribution >= 0.6 is 0 Å². The summed E-state index contributed by atoms with van der Waals surface area (Å²) >= 11 is 0. The molecule has 1 aliphatic rings. The summed E-state index contributed by atoms with van der Waals surface area (Å²) in [6, 6.07) is 17.0. The quantitative estimate of drug-likeness (QED) is 0.631. The number of amides is 1. The van der Waals surface area contributed by atoms with Crippen LogP contribution in [-0.2, 0) is 24.4 Å². The number of carbonyl (C=O) groups is 1. The van der Waals surface area contributed by atoms with E-state index >= 15 is 0 Å². The Bertz CT molecular complexity index is 1000. The first kappa shape index (κ1) is 21.3. The molecule has 0 saturated carbocycles. The molecule has 162 valence electrons. The number of aromatic nitrogens is 2. The second-order valence-corrected chi connectivity index (χ2v) is 8.61. The first-order valence-electron chi connectivity index (χ1n) is 11.2. The molecule has 0 spiro atoms. The number of likely N-dealkylation sites (tertiary alicyclic amines) is 1. The van der Waals surface area contributed by atoms with Crippen molar-refractivity contribution in [1.82, 2.24) is 19.8 Å². The van der Waals surface area contributed by atoms with E-state index in [1.807, 2.05) is 19.3 Å². The Morgan fingerprint density at radius 3 is 2.39 bits per heavy atom. The molecule has 0 bridgehead atoms. The number of benzene rings is 2. The summed E-state index contributed by atoms with van der Waals surface area (Å²) in [7, 11) is 0. The van der Waals surface area contributed by atoms with Gasteiger partial charge in [-0.3, -0.25) is 9.69 Å². The van der Waals surface area contributed by atoms with Crippen LogP contribution in [0, 0.1) is 19.8 Å². The van der Waals surface area contributed by atoms with Crippen LogP contribution in [0.4, 0.5) is 0 Å². The van der Waals surface area contributed by atoms with Gasteiger partial charge in [0.25, 0.3) is 0 Å². The molecule has 0 unspecified atom stereocenters. The molecule has 1 aliphatic heterocycles. The minimum absolute atomic E-state index is 0.122. The van der Waals surface area contributed by atoms with Gasteiger partial charge in [-0.2, -0.15) is 0 Å².